The van der Waals surface area contributed by atoms with Crippen LogP contribution in [0, 0.1) is 0 Å². The van der Waals surface area contributed by atoms with Crippen LogP contribution in [0.1, 0.15) is 17.4 Å². The third-order valence-electron chi connectivity index (χ3n) is 2.48. The van der Waals surface area contributed by atoms with Gasteiger partial charge in [-0.1, -0.05) is 6.07 Å². The van der Waals surface area contributed by atoms with Crippen molar-refractivity contribution in [2.45, 2.75) is 6.92 Å². The molecule has 1 amide bonds. The number of benzene rings is 1. The predicted molar refractivity (Wildman–Crippen MR) is 77.4 cm³/mol. The van der Waals surface area contributed by atoms with Crippen LogP contribution >= 0.6 is 0 Å². The molecule has 0 saturated heterocycles. The number of rotatable bonds is 4. The molecule has 1 heterocycles. The molecular formula is C14H14N4O3. The summed E-state index contributed by atoms with van der Waals surface area (Å²) in [5.41, 5.74) is 1.47. The topological polar surface area (TPSA) is 93.2 Å². The summed E-state index contributed by atoms with van der Waals surface area (Å²) in [6.45, 7) is 1.44. The van der Waals surface area contributed by atoms with Crippen molar-refractivity contribution < 1.29 is 14.3 Å². The molecule has 0 fully saturated rings. The molecule has 1 aromatic heterocycles. The summed E-state index contributed by atoms with van der Waals surface area (Å²) in [4.78, 5) is 30.4. The fraction of sp³-hybridized carbons (Fsp3) is 0.143. The van der Waals surface area contributed by atoms with Crippen LogP contribution < -0.4 is 10.6 Å². The molecule has 0 unspecified atom stereocenters. The van der Waals surface area contributed by atoms with Crippen LogP contribution in [-0.4, -0.2) is 29.0 Å². The molecule has 0 spiro atoms. The smallest absolute Gasteiger partial charge is 0.358 e. The first-order valence-electron chi connectivity index (χ1n) is 6.13. The number of hydrogen-bond acceptors (Lipinski definition) is 6. The lowest BCUT2D eigenvalue weighted by molar-refractivity contribution is -0.114. The number of carbonyl (C=O) groups is 2. The molecule has 2 N–H and O–H groups in total. The Morgan fingerprint density at radius 2 is 1.95 bits per heavy atom. The second-order valence-electron chi connectivity index (χ2n) is 4.17. The Balaban J connectivity index is 2.18. The lowest BCUT2D eigenvalue weighted by atomic mass is 10.2. The molecule has 0 aliphatic rings. The summed E-state index contributed by atoms with van der Waals surface area (Å²) in [7, 11) is 1.28. The zero-order valence-corrected chi connectivity index (χ0v) is 11.6. The zero-order chi connectivity index (χ0) is 15.2. The number of esters is 1. The van der Waals surface area contributed by atoms with Crippen LogP contribution in [0.25, 0.3) is 0 Å². The van der Waals surface area contributed by atoms with Gasteiger partial charge in [-0.15, -0.1) is 0 Å². The van der Waals surface area contributed by atoms with Crippen LogP contribution in [-0.2, 0) is 9.53 Å². The van der Waals surface area contributed by atoms with Gasteiger partial charge >= 0.3 is 5.97 Å². The van der Waals surface area contributed by atoms with Crippen molar-refractivity contribution in [2.75, 3.05) is 17.7 Å². The molecular weight excluding hydrogens is 272 g/mol. The maximum absolute atomic E-state index is 11.4. The lowest BCUT2D eigenvalue weighted by Crippen LogP contribution is -2.07. The van der Waals surface area contributed by atoms with E-state index < -0.39 is 5.97 Å². The lowest BCUT2D eigenvalue weighted by Gasteiger charge is -2.08. The summed E-state index contributed by atoms with van der Waals surface area (Å²) >= 11 is 0. The van der Waals surface area contributed by atoms with Crippen LogP contribution in [0.2, 0.25) is 0 Å². The number of amides is 1. The van der Waals surface area contributed by atoms with Gasteiger partial charge < -0.3 is 15.4 Å². The van der Waals surface area contributed by atoms with Gasteiger partial charge in [-0.05, 0) is 18.2 Å². The van der Waals surface area contributed by atoms with Crippen LogP contribution in [0.5, 0.6) is 0 Å². The minimum atomic E-state index is -0.557. The standard InChI is InChI=1S/C14H14N4O3/c1-9(19)16-10-4-3-5-11(6-10)17-13-8-15-7-12(18-13)14(20)21-2/h3-8H,1-2H3,(H,16,19)(H,17,18). The molecule has 7 nitrogen and oxygen atoms in total. The van der Waals surface area contributed by atoms with Crippen molar-refractivity contribution in [1.29, 1.82) is 0 Å². The van der Waals surface area contributed by atoms with Gasteiger partial charge in [0.05, 0.1) is 19.5 Å². The molecule has 0 bridgehead atoms. The van der Waals surface area contributed by atoms with E-state index in [0.717, 1.165) is 0 Å². The monoisotopic (exact) mass is 286 g/mol. The number of hydrogen-bond donors (Lipinski definition) is 2. The Labute approximate surface area is 121 Å². The van der Waals surface area contributed by atoms with Crippen LogP contribution in [0.15, 0.2) is 36.7 Å². The number of carbonyl (C=O) groups excluding carboxylic acids is 2. The molecule has 0 aliphatic heterocycles. The fourth-order valence-corrected chi connectivity index (χ4v) is 1.65. The van der Waals surface area contributed by atoms with E-state index in [1.807, 2.05) is 0 Å². The molecule has 1 aromatic carbocycles. The van der Waals surface area contributed by atoms with Crippen molar-refractivity contribution in [3.05, 3.63) is 42.4 Å². The maximum Gasteiger partial charge on any atom is 0.358 e. The summed E-state index contributed by atoms with van der Waals surface area (Å²) in [6.07, 6.45) is 2.81. The van der Waals surface area contributed by atoms with Crippen molar-refractivity contribution >= 4 is 29.1 Å². The Morgan fingerprint density at radius 3 is 2.67 bits per heavy atom. The highest BCUT2D eigenvalue weighted by Gasteiger charge is 2.08. The number of nitrogens with one attached hydrogen (secondary N) is 2. The molecule has 7 heteroatoms. The van der Waals surface area contributed by atoms with Crippen molar-refractivity contribution in [3.8, 4) is 0 Å². The maximum atomic E-state index is 11.4. The summed E-state index contributed by atoms with van der Waals surface area (Å²) in [6, 6.07) is 7.10. The SMILES string of the molecule is COC(=O)c1cncc(Nc2cccc(NC(C)=O)c2)n1. The second-order valence-corrected chi connectivity index (χ2v) is 4.17. The highest BCUT2D eigenvalue weighted by atomic mass is 16.5. The highest BCUT2D eigenvalue weighted by molar-refractivity contribution is 5.89. The molecule has 0 saturated carbocycles. The van der Waals surface area contributed by atoms with Gasteiger partial charge in [0, 0.05) is 18.3 Å². The zero-order valence-electron chi connectivity index (χ0n) is 11.6. The normalized spacial score (nSPS) is 9.81. The molecule has 2 rings (SSSR count). The highest BCUT2D eigenvalue weighted by Crippen LogP contribution is 2.18. The van der Waals surface area contributed by atoms with E-state index in [1.165, 1.54) is 26.4 Å². The average Bonchev–Trinajstić information content (AvgIpc) is 2.46. The van der Waals surface area contributed by atoms with E-state index in [1.54, 1.807) is 24.3 Å². The first-order valence-corrected chi connectivity index (χ1v) is 6.13. The van der Waals surface area contributed by atoms with Gasteiger partial charge in [0.1, 0.15) is 5.82 Å². The van der Waals surface area contributed by atoms with E-state index >= 15 is 0 Å². The number of methoxy groups -OCH3 is 1. The number of nitrogens with zero attached hydrogens (tertiary/aromatic N) is 2. The van der Waals surface area contributed by atoms with E-state index in [0.29, 0.717) is 17.2 Å². The van der Waals surface area contributed by atoms with E-state index in [9.17, 15) is 9.59 Å². The molecule has 0 aliphatic carbocycles. The van der Waals surface area contributed by atoms with Gasteiger partial charge in [-0.3, -0.25) is 9.78 Å². The van der Waals surface area contributed by atoms with Gasteiger partial charge in [0.25, 0.3) is 0 Å². The van der Waals surface area contributed by atoms with Crippen LogP contribution in [0.3, 0.4) is 0 Å². The molecule has 21 heavy (non-hydrogen) atoms. The van der Waals surface area contributed by atoms with E-state index in [4.69, 9.17) is 0 Å². The molecule has 2 aromatic rings. The first kappa shape index (κ1) is 14.4. The number of ether oxygens (including phenoxy) is 1. The quantitative estimate of drug-likeness (QED) is 0.835. The minimum absolute atomic E-state index is 0.112. The molecule has 0 radical (unpaired) electrons. The van der Waals surface area contributed by atoms with Crippen LogP contribution in [0.4, 0.5) is 17.2 Å². The third-order valence-corrected chi connectivity index (χ3v) is 2.48. The van der Waals surface area contributed by atoms with Gasteiger partial charge in [0.15, 0.2) is 5.69 Å². The van der Waals surface area contributed by atoms with Gasteiger partial charge in [0.2, 0.25) is 5.91 Å². The molecule has 0 atom stereocenters. The molecule has 108 valence electrons. The summed E-state index contributed by atoms with van der Waals surface area (Å²) in [5.74, 6) is -0.310. The van der Waals surface area contributed by atoms with Gasteiger partial charge in [-0.25, -0.2) is 9.78 Å². The van der Waals surface area contributed by atoms with Crippen molar-refractivity contribution in [3.63, 3.8) is 0 Å². The Morgan fingerprint density at radius 1 is 1.19 bits per heavy atom. The van der Waals surface area contributed by atoms with Gasteiger partial charge in [-0.2, -0.15) is 0 Å². The first-order chi connectivity index (χ1) is 10.1. The summed E-state index contributed by atoms with van der Waals surface area (Å²) in [5, 5.41) is 5.68. The number of anilines is 3. The van der Waals surface area contributed by atoms with Crippen molar-refractivity contribution in [2.24, 2.45) is 0 Å². The Bertz CT molecular complexity index is 673. The second kappa shape index (κ2) is 6.47. The third kappa shape index (κ3) is 4.00. The average molecular weight is 286 g/mol. The van der Waals surface area contributed by atoms with Crippen molar-refractivity contribution in [1.82, 2.24) is 9.97 Å². The van der Waals surface area contributed by atoms with E-state index in [-0.39, 0.29) is 11.6 Å². The fourth-order valence-electron chi connectivity index (χ4n) is 1.65. The Kier molecular flexibility index (Phi) is 4.45. The summed E-state index contributed by atoms with van der Waals surface area (Å²) < 4.78 is 4.59. The van der Waals surface area contributed by atoms with E-state index in [2.05, 4.69) is 25.3 Å². The minimum Gasteiger partial charge on any atom is -0.464 e. The Hall–Kier alpha value is -2.96. The predicted octanol–water partition coefficient (Wildman–Crippen LogP) is 1.97. The largest absolute Gasteiger partial charge is 0.464 e. The number of aromatic nitrogens is 2.